The van der Waals surface area contributed by atoms with E-state index in [9.17, 15) is 9.18 Å². The summed E-state index contributed by atoms with van der Waals surface area (Å²) in [5, 5.41) is 0. The summed E-state index contributed by atoms with van der Waals surface area (Å²) in [5.41, 5.74) is 1.31. The Morgan fingerprint density at radius 1 is 1.37 bits per heavy atom. The molecular formula is C15H21FN2O. The molecule has 0 unspecified atom stereocenters. The van der Waals surface area contributed by atoms with Crippen molar-refractivity contribution in [3.05, 3.63) is 29.6 Å². The second-order valence-electron chi connectivity index (χ2n) is 5.51. The van der Waals surface area contributed by atoms with Gasteiger partial charge in [0.1, 0.15) is 5.82 Å². The molecule has 0 amide bonds. The predicted octanol–water partition coefficient (Wildman–Crippen LogP) is 2.42. The minimum atomic E-state index is -0.353. The Balaban J connectivity index is 2.03. The zero-order valence-corrected chi connectivity index (χ0v) is 11.6. The standard InChI is InChI=1S/C15H21FN2O/c1-17(2)10-12-5-7-18(8-6-12)15-4-3-14(16)9-13(15)11-19/h3-4,9,11-12H,5-8,10H2,1-2H3. The fraction of sp³-hybridized carbons (Fsp3) is 0.533. The van der Waals surface area contributed by atoms with Crippen LogP contribution >= 0.6 is 0 Å². The lowest BCUT2D eigenvalue weighted by Crippen LogP contribution is -2.37. The van der Waals surface area contributed by atoms with E-state index in [1.54, 1.807) is 6.07 Å². The average Bonchev–Trinajstić information content (AvgIpc) is 2.39. The van der Waals surface area contributed by atoms with E-state index in [1.807, 2.05) is 0 Å². The lowest BCUT2D eigenvalue weighted by molar-refractivity contribution is 0.112. The Hall–Kier alpha value is -1.42. The van der Waals surface area contributed by atoms with Crippen molar-refractivity contribution in [3.8, 4) is 0 Å². The van der Waals surface area contributed by atoms with Crippen molar-refractivity contribution in [2.45, 2.75) is 12.8 Å². The molecule has 0 N–H and O–H groups in total. The Bertz CT molecular complexity index is 440. The van der Waals surface area contributed by atoms with Crippen molar-refractivity contribution >= 4 is 12.0 Å². The lowest BCUT2D eigenvalue weighted by Gasteiger charge is -2.35. The number of anilines is 1. The van der Waals surface area contributed by atoms with Gasteiger partial charge in [-0.3, -0.25) is 4.79 Å². The van der Waals surface area contributed by atoms with Gasteiger partial charge in [-0.05, 0) is 51.1 Å². The van der Waals surface area contributed by atoms with Gasteiger partial charge in [0.25, 0.3) is 0 Å². The third-order valence-corrected chi connectivity index (χ3v) is 3.70. The molecule has 19 heavy (non-hydrogen) atoms. The summed E-state index contributed by atoms with van der Waals surface area (Å²) in [4.78, 5) is 15.4. The molecule has 1 saturated heterocycles. The van der Waals surface area contributed by atoms with Gasteiger partial charge in [0.15, 0.2) is 6.29 Å². The number of benzene rings is 1. The van der Waals surface area contributed by atoms with E-state index in [1.165, 1.54) is 12.1 Å². The summed E-state index contributed by atoms with van der Waals surface area (Å²) in [5.74, 6) is 0.361. The monoisotopic (exact) mass is 264 g/mol. The molecule has 1 fully saturated rings. The van der Waals surface area contributed by atoms with Crippen molar-refractivity contribution in [2.24, 2.45) is 5.92 Å². The summed E-state index contributed by atoms with van der Waals surface area (Å²) in [7, 11) is 4.19. The van der Waals surface area contributed by atoms with E-state index in [2.05, 4.69) is 23.9 Å². The van der Waals surface area contributed by atoms with E-state index in [4.69, 9.17) is 0 Å². The Morgan fingerprint density at radius 2 is 2.05 bits per heavy atom. The summed E-state index contributed by atoms with van der Waals surface area (Å²) in [6.45, 7) is 2.98. The lowest BCUT2D eigenvalue weighted by atomic mass is 9.95. The number of aldehydes is 1. The summed E-state index contributed by atoms with van der Waals surface area (Å²) in [6, 6.07) is 4.45. The van der Waals surface area contributed by atoms with Gasteiger partial charge in [0, 0.05) is 30.9 Å². The molecular weight excluding hydrogens is 243 g/mol. The van der Waals surface area contributed by atoms with Gasteiger partial charge in [-0.15, -0.1) is 0 Å². The van der Waals surface area contributed by atoms with Crippen molar-refractivity contribution in [3.63, 3.8) is 0 Å². The smallest absolute Gasteiger partial charge is 0.152 e. The second kappa shape index (κ2) is 6.15. The molecule has 3 nitrogen and oxygen atoms in total. The number of piperidine rings is 1. The number of nitrogens with zero attached hydrogens (tertiary/aromatic N) is 2. The van der Waals surface area contributed by atoms with Crippen LogP contribution in [-0.2, 0) is 0 Å². The van der Waals surface area contributed by atoms with Gasteiger partial charge in [-0.1, -0.05) is 0 Å². The van der Waals surface area contributed by atoms with Crippen LogP contribution in [0.4, 0.5) is 10.1 Å². The zero-order valence-electron chi connectivity index (χ0n) is 11.6. The summed E-state index contributed by atoms with van der Waals surface area (Å²) in [6.07, 6.45) is 2.98. The topological polar surface area (TPSA) is 23.6 Å². The van der Waals surface area contributed by atoms with E-state index < -0.39 is 0 Å². The van der Waals surface area contributed by atoms with Gasteiger partial charge in [-0.2, -0.15) is 0 Å². The van der Waals surface area contributed by atoms with Crippen molar-refractivity contribution in [2.75, 3.05) is 38.6 Å². The molecule has 0 atom stereocenters. The molecule has 0 spiro atoms. The first-order chi connectivity index (χ1) is 9.10. The molecule has 1 heterocycles. The maximum Gasteiger partial charge on any atom is 0.152 e. The van der Waals surface area contributed by atoms with Gasteiger partial charge < -0.3 is 9.80 Å². The molecule has 0 bridgehead atoms. The maximum atomic E-state index is 13.1. The minimum absolute atomic E-state index is 0.353. The van der Waals surface area contributed by atoms with Crippen LogP contribution in [0.3, 0.4) is 0 Å². The molecule has 0 saturated carbocycles. The Kier molecular flexibility index (Phi) is 4.53. The van der Waals surface area contributed by atoms with Crippen LogP contribution in [0, 0.1) is 11.7 Å². The SMILES string of the molecule is CN(C)CC1CCN(c2ccc(F)cc2C=O)CC1. The van der Waals surface area contributed by atoms with Crippen LogP contribution in [0.5, 0.6) is 0 Å². The van der Waals surface area contributed by atoms with Gasteiger partial charge in [0.2, 0.25) is 0 Å². The minimum Gasteiger partial charge on any atom is -0.371 e. The highest BCUT2D eigenvalue weighted by atomic mass is 19.1. The van der Waals surface area contributed by atoms with E-state index in [0.29, 0.717) is 11.5 Å². The van der Waals surface area contributed by atoms with E-state index in [-0.39, 0.29) is 5.82 Å². The highest BCUT2D eigenvalue weighted by molar-refractivity contribution is 5.84. The Labute approximate surface area is 114 Å². The largest absolute Gasteiger partial charge is 0.371 e. The van der Waals surface area contributed by atoms with E-state index in [0.717, 1.165) is 44.4 Å². The first-order valence-corrected chi connectivity index (χ1v) is 6.74. The first-order valence-electron chi connectivity index (χ1n) is 6.74. The van der Waals surface area contributed by atoms with Crippen LogP contribution in [-0.4, -0.2) is 44.9 Å². The highest BCUT2D eigenvalue weighted by Crippen LogP contribution is 2.26. The molecule has 0 aromatic heterocycles. The van der Waals surface area contributed by atoms with Crippen LogP contribution in [0.2, 0.25) is 0 Å². The van der Waals surface area contributed by atoms with Crippen LogP contribution in [0.1, 0.15) is 23.2 Å². The summed E-state index contributed by atoms with van der Waals surface area (Å²) < 4.78 is 13.1. The number of hydrogen-bond acceptors (Lipinski definition) is 3. The number of hydrogen-bond donors (Lipinski definition) is 0. The Morgan fingerprint density at radius 3 is 2.63 bits per heavy atom. The quantitative estimate of drug-likeness (QED) is 0.780. The van der Waals surface area contributed by atoms with Crippen molar-refractivity contribution < 1.29 is 9.18 Å². The maximum absolute atomic E-state index is 13.1. The zero-order chi connectivity index (χ0) is 13.8. The van der Waals surface area contributed by atoms with Gasteiger partial charge in [-0.25, -0.2) is 4.39 Å². The molecule has 0 aliphatic carbocycles. The summed E-state index contributed by atoms with van der Waals surface area (Å²) >= 11 is 0. The highest BCUT2D eigenvalue weighted by Gasteiger charge is 2.21. The fourth-order valence-corrected chi connectivity index (χ4v) is 2.78. The molecule has 1 aliphatic heterocycles. The molecule has 1 aromatic carbocycles. The van der Waals surface area contributed by atoms with E-state index >= 15 is 0 Å². The first kappa shape index (κ1) is 14.0. The molecule has 1 aromatic rings. The third-order valence-electron chi connectivity index (χ3n) is 3.70. The predicted molar refractivity (Wildman–Crippen MR) is 75.3 cm³/mol. The van der Waals surface area contributed by atoms with Crippen LogP contribution < -0.4 is 4.90 Å². The number of carbonyl (C=O) groups excluding carboxylic acids is 1. The normalized spacial score (nSPS) is 16.9. The molecule has 2 rings (SSSR count). The van der Waals surface area contributed by atoms with Gasteiger partial charge >= 0.3 is 0 Å². The molecule has 104 valence electrons. The molecule has 0 radical (unpaired) electrons. The molecule has 1 aliphatic rings. The third kappa shape index (κ3) is 3.53. The average molecular weight is 264 g/mol. The van der Waals surface area contributed by atoms with Crippen LogP contribution in [0.15, 0.2) is 18.2 Å². The molecule has 4 heteroatoms. The second-order valence-corrected chi connectivity index (χ2v) is 5.51. The number of rotatable bonds is 4. The number of halogens is 1. The number of carbonyl (C=O) groups is 1. The van der Waals surface area contributed by atoms with Gasteiger partial charge in [0.05, 0.1) is 0 Å². The fourth-order valence-electron chi connectivity index (χ4n) is 2.78. The van der Waals surface area contributed by atoms with Crippen LogP contribution in [0.25, 0.3) is 0 Å². The van der Waals surface area contributed by atoms with Crippen molar-refractivity contribution in [1.82, 2.24) is 4.90 Å². The van der Waals surface area contributed by atoms with Crippen molar-refractivity contribution in [1.29, 1.82) is 0 Å².